The van der Waals surface area contributed by atoms with Gasteiger partial charge in [-0.05, 0) is 23.9 Å². The minimum atomic E-state index is -3.93. The Morgan fingerprint density at radius 1 is 1.13 bits per heavy atom. The van der Waals surface area contributed by atoms with Gasteiger partial charge < -0.3 is 37.8 Å². The van der Waals surface area contributed by atoms with Crippen molar-refractivity contribution in [2.45, 2.75) is 69.7 Å². The fourth-order valence-electron chi connectivity index (χ4n) is 6.45. The van der Waals surface area contributed by atoms with Gasteiger partial charge in [-0.1, -0.05) is 37.3 Å². The largest absolute Gasteiger partial charge is 0.349 e. The number of alkyl halides is 1. The SMILES string of the molecule is CC(C)C(=O)Nc1nc2c(ncn2[C@@H]2O[C@@H]3COP(=S)(OCCC#N)O[C@H]4[C@H](F)[C@H](n5nnc6c(NC(=O)c7ccccc7)ncnc65)O[C@@H]4COP(O)O[C@H]2C3)c(=O)[nH]1. The first-order chi connectivity index (χ1) is 28.9. The number of aromatic nitrogens is 9. The Kier molecular flexibility index (Phi) is 12.3. The van der Waals surface area contributed by atoms with E-state index < -0.39 is 82.4 Å². The zero-order chi connectivity index (χ0) is 42.1. The molecule has 8 rings (SSSR count). The third-order valence-electron chi connectivity index (χ3n) is 9.36. The first-order valence-electron chi connectivity index (χ1n) is 18.3. The van der Waals surface area contributed by atoms with Crippen molar-refractivity contribution in [1.82, 2.24) is 44.5 Å². The smallest absolute Gasteiger partial charge is 0.330 e. The van der Waals surface area contributed by atoms with Crippen molar-refractivity contribution in [3.8, 4) is 6.07 Å². The normalized spacial score (nSPS) is 28.4. The molecule has 27 heteroatoms. The van der Waals surface area contributed by atoms with Gasteiger partial charge in [0, 0.05) is 17.9 Å². The average Bonchev–Trinajstić information content (AvgIpc) is 4.02. The van der Waals surface area contributed by atoms with Crippen molar-refractivity contribution in [2.75, 3.05) is 30.5 Å². The molecule has 5 aromatic rings. The third kappa shape index (κ3) is 8.67. The average molecular weight is 889 g/mol. The number of aromatic amines is 1. The minimum absolute atomic E-state index is 0.00197. The summed E-state index contributed by atoms with van der Waals surface area (Å²) in [6, 6.07) is 10.3. The van der Waals surface area contributed by atoms with Crippen molar-refractivity contribution in [3.63, 3.8) is 0 Å². The molecule has 23 nitrogen and oxygen atoms in total. The molecule has 316 valence electrons. The zero-order valence-electron chi connectivity index (χ0n) is 31.4. The molecule has 0 radical (unpaired) electrons. The van der Waals surface area contributed by atoms with Gasteiger partial charge in [-0.25, -0.2) is 19.3 Å². The topological polar surface area (TPSA) is 287 Å². The summed E-state index contributed by atoms with van der Waals surface area (Å²) in [5, 5.41) is 22.6. The summed E-state index contributed by atoms with van der Waals surface area (Å²) in [7, 11) is -2.72. The molecule has 7 heterocycles. The monoisotopic (exact) mass is 888 g/mol. The number of imidazole rings is 1. The molecular formula is C33H35FN12O11P2S. The number of hydrogen-bond donors (Lipinski definition) is 4. The van der Waals surface area contributed by atoms with E-state index >= 15 is 4.39 Å². The molecule has 0 spiro atoms. The Labute approximate surface area is 344 Å². The number of rotatable bonds is 9. The van der Waals surface area contributed by atoms with Crippen LogP contribution < -0.4 is 16.2 Å². The fourth-order valence-corrected chi connectivity index (χ4v) is 9.32. The Bertz CT molecular complexity index is 2540. The molecule has 60 heavy (non-hydrogen) atoms. The number of nitrogens with one attached hydrogen (secondary N) is 3. The van der Waals surface area contributed by atoms with E-state index in [1.54, 1.807) is 44.2 Å². The predicted octanol–water partition coefficient (Wildman–Crippen LogP) is 2.92. The van der Waals surface area contributed by atoms with E-state index in [0.29, 0.717) is 5.56 Å². The van der Waals surface area contributed by atoms with Crippen LogP contribution in [0.5, 0.6) is 0 Å². The summed E-state index contributed by atoms with van der Waals surface area (Å²) in [6.07, 6.45) is -6.93. The molecule has 2 unspecified atom stereocenters. The van der Waals surface area contributed by atoms with E-state index in [9.17, 15) is 24.5 Å². The van der Waals surface area contributed by atoms with Gasteiger partial charge >= 0.3 is 15.3 Å². The van der Waals surface area contributed by atoms with Gasteiger partial charge in [0.2, 0.25) is 11.9 Å². The number of H-pyrrole nitrogens is 1. The van der Waals surface area contributed by atoms with E-state index in [1.165, 1.54) is 10.9 Å². The van der Waals surface area contributed by atoms with Crippen LogP contribution in [0.25, 0.3) is 22.3 Å². The molecule has 3 aliphatic rings. The van der Waals surface area contributed by atoms with E-state index in [4.69, 9.17) is 43.9 Å². The summed E-state index contributed by atoms with van der Waals surface area (Å²) in [6.45, 7) is -1.60. The summed E-state index contributed by atoms with van der Waals surface area (Å²) in [4.78, 5) is 68.8. The van der Waals surface area contributed by atoms with Crippen LogP contribution in [0.4, 0.5) is 16.2 Å². The van der Waals surface area contributed by atoms with Gasteiger partial charge in [-0.3, -0.25) is 33.8 Å². The first-order valence-corrected chi connectivity index (χ1v) is 22.0. The summed E-state index contributed by atoms with van der Waals surface area (Å²) in [5.74, 6) is -1.39. The van der Waals surface area contributed by atoms with E-state index in [-0.39, 0.29) is 66.1 Å². The second kappa shape index (κ2) is 17.6. The van der Waals surface area contributed by atoms with Crippen molar-refractivity contribution in [2.24, 2.45) is 5.92 Å². The zero-order valence-corrected chi connectivity index (χ0v) is 34.0. The van der Waals surface area contributed by atoms with Crippen molar-refractivity contribution >= 4 is 73.0 Å². The summed E-state index contributed by atoms with van der Waals surface area (Å²) < 4.78 is 61.3. The van der Waals surface area contributed by atoms with Gasteiger partial charge in [-0.15, -0.1) is 5.10 Å². The standard InChI is InChI=1S/C33H35FN12O11P2S/c1-16(2)28(47)41-33-40-27-23(30(49)42-33)38-15-45(27)31-19-11-18(54-31)12-53-59(60,52-10-6-9-35)57-24-20(13-51-58(50)56-19)55-32(21(24)34)46-26-22(43-44-46)25(36-14-37-26)39-29(48)17-7-4-3-5-8-17/h3-5,7-8,14-16,18-21,24,31-32,50H,6,10-13H2,1-2H3,(H,36,37,39,48)(H2,40,41,42,47,49)/t18-,19-,20+,21-,24+,31+,32+,58?,59?/m0/s1. The molecule has 0 saturated carbocycles. The van der Waals surface area contributed by atoms with Gasteiger partial charge in [0.1, 0.15) is 24.6 Å². The highest BCUT2D eigenvalue weighted by Gasteiger charge is 2.52. The maximum absolute atomic E-state index is 16.8. The fraction of sp³-hybridized carbons (Fsp3) is 0.455. The van der Waals surface area contributed by atoms with Gasteiger partial charge in [-0.2, -0.15) is 14.9 Å². The quantitative estimate of drug-likeness (QED) is 0.122. The number of halogens is 1. The van der Waals surface area contributed by atoms with Crippen LogP contribution in [0, 0.1) is 17.2 Å². The van der Waals surface area contributed by atoms with E-state index in [2.05, 4.69) is 45.9 Å². The molecular weight excluding hydrogens is 853 g/mol. The number of hydrogen-bond acceptors (Lipinski definition) is 19. The number of ether oxygens (including phenoxy) is 2. The van der Waals surface area contributed by atoms with Gasteiger partial charge in [0.15, 0.2) is 46.8 Å². The van der Waals surface area contributed by atoms with Crippen LogP contribution in [-0.2, 0) is 48.7 Å². The van der Waals surface area contributed by atoms with Crippen LogP contribution in [0.2, 0.25) is 0 Å². The number of carbonyl (C=O) groups is 2. The maximum atomic E-state index is 16.8. The van der Waals surface area contributed by atoms with Gasteiger partial charge in [0.25, 0.3) is 11.5 Å². The third-order valence-corrected chi connectivity index (χ3v) is 12.5. The molecule has 2 bridgehead atoms. The molecule has 0 aliphatic carbocycles. The Balaban J connectivity index is 1.06. The van der Waals surface area contributed by atoms with Crippen LogP contribution in [-0.4, -0.2) is 112 Å². The molecule has 3 aliphatic heterocycles. The van der Waals surface area contributed by atoms with Crippen molar-refractivity contribution in [1.29, 1.82) is 5.26 Å². The molecule has 4 aromatic heterocycles. The second-order valence-electron chi connectivity index (χ2n) is 13.8. The molecule has 2 amide bonds. The number of amides is 2. The molecule has 4 N–H and O–H groups in total. The lowest BCUT2D eigenvalue weighted by Gasteiger charge is -2.29. The summed E-state index contributed by atoms with van der Waals surface area (Å²) in [5.41, 5.74) is -0.273. The van der Waals surface area contributed by atoms with Crippen molar-refractivity contribution < 1.29 is 51.0 Å². The highest BCUT2D eigenvalue weighted by atomic mass is 32.5. The van der Waals surface area contributed by atoms with Crippen molar-refractivity contribution in [3.05, 3.63) is 58.9 Å². The first kappa shape index (κ1) is 41.9. The Morgan fingerprint density at radius 2 is 1.95 bits per heavy atom. The Morgan fingerprint density at radius 3 is 2.73 bits per heavy atom. The number of nitriles is 1. The predicted molar refractivity (Wildman–Crippen MR) is 208 cm³/mol. The maximum Gasteiger partial charge on any atom is 0.330 e. The molecule has 3 fully saturated rings. The molecule has 1 aromatic carbocycles. The lowest BCUT2D eigenvalue weighted by Crippen LogP contribution is -2.34. The van der Waals surface area contributed by atoms with E-state index in [0.717, 1.165) is 11.0 Å². The molecule has 3 saturated heterocycles. The summed E-state index contributed by atoms with van der Waals surface area (Å²) >= 11 is 5.76. The molecule has 9 atom stereocenters. The number of carbonyl (C=O) groups excluding carboxylic acids is 2. The lowest BCUT2D eigenvalue weighted by atomic mass is 10.1. The van der Waals surface area contributed by atoms with Crippen LogP contribution >= 0.6 is 15.3 Å². The number of anilines is 2. The number of benzene rings is 1. The van der Waals surface area contributed by atoms with E-state index in [1.807, 2.05) is 6.07 Å². The van der Waals surface area contributed by atoms with Gasteiger partial charge in [0.05, 0.1) is 44.7 Å². The van der Waals surface area contributed by atoms with Crippen LogP contribution in [0.15, 0.2) is 47.8 Å². The number of fused-ring (bicyclic) bond motifs is 5. The number of nitrogens with zero attached hydrogens (tertiary/aromatic N) is 9. The van der Waals surface area contributed by atoms with Crippen LogP contribution in [0.3, 0.4) is 0 Å². The second-order valence-corrected chi connectivity index (χ2v) is 17.7. The highest BCUT2D eigenvalue weighted by molar-refractivity contribution is 8.07. The highest BCUT2D eigenvalue weighted by Crippen LogP contribution is 2.55. The lowest BCUT2D eigenvalue weighted by molar-refractivity contribution is -0.118. The minimum Gasteiger partial charge on any atom is -0.349 e. The Hall–Kier alpha value is -4.83. The van der Waals surface area contributed by atoms with Crippen LogP contribution in [0.1, 0.15) is 49.5 Å².